The zero-order chi connectivity index (χ0) is 7.14. The van der Waals surface area contributed by atoms with Crippen LogP contribution in [-0.2, 0) is 0 Å². The highest BCUT2D eigenvalue weighted by Gasteiger charge is 2.39. The first-order valence-corrected chi connectivity index (χ1v) is 3.79. The number of hydrogen-bond donors (Lipinski definition) is 0. The second kappa shape index (κ2) is 2.06. The van der Waals surface area contributed by atoms with Gasteiger partial charge in [-0.3, -0.25) is 4.90 Å². The van der Waals surface area contributed by atoms with Crippen LogP contribution in [-0.4, -0.2) is 30.7 Å². The maximum absolute atomic E-state index is 12.3. The third-order valence-corrected chi connectivity index (χ3v) is 2.79. The Balaban J connectivity index is 2.18. The van der Waals surface area contributed by atoms with E-state index in [0.29, 0.717) is 12.0 Å². The molecule has 3 atom stereocenters. The summed E-state index contributed by atoms with van der Waals surface area (Å²) in [5, 5.41) is 0. The summed E-state index contributed by atoms with van der Waals surface area (Å²) in [6.45, 7) is -0.192. The Bertz CT molecular complexity index is 167. The standard InChI is InChI=1S/C8H12FN/c1-10-7-3-2-6(4-7)8(10)5-9/h2-3,6-8H,4-5H2,1H3. The highest BCUT2D eigenvalue weighted by Crippen LogP contribution is 2.35. The van der Waals surface area contributed by atoms with Crippen molar-refractivity contribution in [3.05, 3.63) is 12.2 Å². The molecule has 1 fully saturated rings. The van der Waals surface area contributed by atoms with Crippen molar-refractivity contribution in [3.8, 4) is 0 Å². The van der Waals surface area contributed by atoms with Crippen molar-refractivity contribution in [2.75, 3.05) is 13.7 Å². The number of rotatable bonds is 1. The summed E-state index contributed by atoms with van der Waals surface area (Å²) in [4.78, 5) is 2.14. The summed E-state index contributed by atoms with van der Waals surface area (Å²) in [6.07, 6.45) is 5.50. The monoisotopic (exact) mass is 141 g/mol. The van der Waals surface area contributed by atoms with Crippen molar-refractivity contribution in [3.63, 3.8) is 0 Å². The molecular formula is C8H12FN. The Labute approximate surface area is 60.5 Å². The average molecular weight is 141 g/mol. The minimum absolute atomic E-state index is 0.176. The van der Waals surface area contributed by atoms with Crippen molar-refractivity contribution in [2.45, 2.75) is 18.5 Å². The first kappa shape index (κ1) is 6.35. The Morgan fingerprint density at radius 2 is 2.40 bits per heavy atom. The quantitative estimate of drug-likeness (QED) is 0.496. The topological polar surface area (TPSA) is 3.24 Å². The average Bonchev–Trinajstić information content (AvgIpc) is 2.46. The van der Waals surface area contributed by atoms with Crippen LogP contribution in [0.1, 0.15) is 6.42 Å². The van der Waals surface area contributed by atoms with Crippen LogP contribution in [0.25, 0.3) is 0 Å². The molecule has 0 aromatic heterocycles. The van der Waals surface area contributed by atoms with Crippen molar-refractivity contribution in [1.29, 1.82) is 0 Å². The summed E-state index contributed by atoms with van der Waals surface area (Å²) < 4.78 is 12.3. The molecule has 2 aliphatic rings. The van der Waals surface area contributed by atoms with Crippen molar-refractivity contribution >= 4 is 0 Å². The van der Waals surface area contributed by atoms with Gasteiger partial charge in [0.2, 0.25) is 0 Å². The predicted octanol–water partition coefficient (Wildman–Crippen LogP) is 1.21. The van der Waals surface area contributed by atoms with Crippen LogP contribution in [0.15, 0.2) is 12.2 Å². The fraction of sp³-hybridized carbons (Fsp3) is 0.750. The molecule has 0 saturated carbocycles. The van der Waals surface area contributed by atoms with Gasteiger partial charge in [-0.1, -0.05) is 12.2 Å². The van der Waals surface area contributed by atoms with Gasteiger partial charge in [0.1, 0.15) is 6.67 Å². The fourth-order valence-corrected chi connectivity index (χ4v) is 2.07. The Kier molecular flexibility index (Phi) is 1.31. The minimum atomic E-state index is -0.192. The van der Waals surface area contributed by atoms with E-state index in [4.69, 9.17) is 0 Å². The number of hydrogen-bond acceptors (Lipinski definition) is 1. The van der Waals surface area contributed by atoms with Gasteiger partial charge in [0.25, 0.3) is 0 Å². The van der Waals surface area contributed by atoms with E-state index < -0.39 is 0 Å². The van der Waals surface area contributed by atoms with E-state index in [1.165, 1.54) is 0 Å². The van der Waals surface area contributed by atoms with Gasteiger partial charge in [-0.2, -0.15) is 0 Å². The van der Waals surface area contributed by atoms with Crippen molar-refractivity contribution in [2.24, 2.45) is 5.92 Å². The van der Waals surface area contributed by atoms with E-state index in [-0.39, 0.29) is 12.7 Å². The number of fused-ring (bicyclic) bond motifs is 2. The molecule has 1 heterocycles. The Hall–Kier alpha value is -0.370. The second-order valence-electron chi connectivity index (χ2n) is 3.24. The number of halogens is 1. The SMILES string of the molecule is CN1C2C=CC(C2)C1CF. The van der Waals surface area contributed by atoms with Gasteiger partial charge in [0, 0.05) is 12.1 Å². The minimum Gasteiger partial charge on any atom is -0.294 e. The van der Waals surface area contributed by atoms with Gasteiger partial charge in [0.15, 0.2) is 0 Å². The van der Waals surface area contributed by atoms with Crippen LogP contribution in [0.2, 0.25) is 0 Å². The summed E-state index contributed by atoms with van der Waals surface area (Å²) in [6, 6.07) is 0.709. The number of likely N-dealkylation sites (N-methyl/N-ethyl adjacent to an activating group) is 1. The van der Waals surface area contributed by atoms with Crippen LogP contribution in [0.4, 0.5) is 4.39 Å². The smallest absolute Gasteiger partial charge is 0.105 e. The fourth-order valence-electron chi connectivity index (χ4n) is 2.07. The molecule has 0 aromatic rings. The maximum atomic E-state index is 12.3. The number of alkyl halides is 1. The first-order valence-electron chi connectivity index (χ1n) is 3.79. The van der Waals surface area contributed by atoms with E-state index >= 15 is 0 Å². The molecule has 2 rings (SSSR count). The highest BCUT2D eigenvalue weighted by molar-refractivity contribution is 5.15. The molecule has 1 aliphatic carbocycles. The van der Waals surface area contributed by atoms with Crippen LogP contribution < -0.4 is 0 Å². The molecule has 3 unspecified atom stereocenters. The normalized spacial score (nSPS) is 45.2. The second-order valence-corrected chi connectivity index (χ2v) is 3.24. The van der Waals surface area contributed by atoms with E-state index in [1.807, 2.05) is 7.05 Å². The lowest BCUT2D eigenvalue weighted by atomic mass is 10.0. The molecule has 0 N–H and O–H groups in total. The lowest BCUT2D eigenvalue weighted by molar-refractivity contribution is 0.205. The van der Waals surface area contributed by atoms with E-state index in [9.17, 15) is 4.39 Å². The lowest BCUT2D eigenvalue weighted by Gasteiger charge is -2.25. The first-order chi connectivity index (χ1) is 4.83. The summed E-state index contributed by atoms with van der Waals surface area (Å²) in [7, 11) is 2.01. The lowest BCUT2D eigenvalue weighted by Crippen LogP contribution is -2.36. The third kappa shape index (κ3) is 0.655. The van der Waals surface area contributed by atoms with E-state index in [1.54, 1.807) is 0 Å². The van der Waals surface area contributed by atoms with Crippen molar-refractivity contribution in [1.82, 2.24) is 4.90 Å². The molecule has 2 heteroatoms. The zero-order valence-electron chi connectivity index (χ0n) is 6.13. The van der Waals surface area contributed by atoms with Gasteiger partial charge in [-0.15, -0.1) is 0 Å². The molecule has 1 saturated heterocycles. The molecule has 56 valence electrons. The van der Waals surface area contributed by atoms with Crippen molar-refractivity contribution < 1.29 is 4.39 Å². The number of likely N-dealkylation sites (tertiary alicyclic amines) is 1. The molecule has 1 nitrogen and oxygen atoms in total. The molecule has 0 amide bonds. The number of nitrogens with zero attached hydrogens (tertiary/aromatic N) is 1. The van der Waals surface area contributed by atoms with E-state index in [2.05, 4.69) is 17.1 Å². The molecule has 0 aromatic carbocycles. The predicted molar refractivity (Wildman–Crippen MR) is 38.6 cm³/mol. The van der Waals surface area contributed by atoms with Gasteiger partial charge in [-0.05, 0) is 19.4 Å². The molecule has 1 aliphatic heterocycles. The van der Waals surface area contributed by atoms with Crippen LogP contribution in [0, 0.1) is 5.92 Å². The molecule has 0 spiro atoms. The molecule has 0 radical (unpaired) electrons. The van der Waals surface area contributed by atoms with Gasteiger partial charge in [0.05, 0.1) is 0 Å². The summed E-state index contributed by atoms with van der Waals surface area (Å²) >= 11 is 0. The largest absolute Gasteiger partial charge is 0.294 e. The van der Waals surface area contributed by atoms with Crippen LogP contribution >= 0.6 is 0 Å². The molecule has 10 heavy (non-hydrogen) atoms. The van der Waals surface area contributed by atoms with Crippen LogP contribution in [0.5, 0.6) is 0 Å². The van der Waals surface area contributed by atoms with Gasteiger partial charge < -0.3 is 0 Å². The van der Waals surface area contributed by atoms with Gasteiger partial charge in [-0.25, -0.2) is 4.39 Å². The van der Waals surface area contributed by atoms with E-state index in [0.717, 1.165) is 6.42 Å². The summed E-state index contributed by atoms with van der Waals surface area (Å²) in [5.41, 5.74) is 0. The highest BCUT2D eigenvalue weighted by atomic mass is 19.1. The third-order valence-electron chi connectivity index (χ3n) is 2.79. The maximum Gasteiger partial charge on any atom is 0.105 e. The molecular weight excluding hydrogens is 129 g/mol. The Morgan fingerprint density at radius 1 is 1.60 bits per heavy atom. The van der Waals surface area contributed by atoms with Crippen LogP contribution in [0.3, 0.4) is 0 Å². The summed E-state index contributed by atoms with van der Waals surface area (Å²) in [5.74, 6) is 0.500. The zero-order valence-corrected chi connectivity index (χ0v) is 6.13. The Morgan fingerprint density at radius 3 is 2.80 bits per heavy atom. The van der Waals surface area contributed by atoms with Gasteiger partial charge >= 0.3 is 0 Å². The molecule has 2 bridgehead atoms.